The number of halogens is 2. The van der Waals surface area contributed by atoms with Crippen LogP contribution in [0.3, 0.4) is 0 Å². The summed E-state index contributed by atoms with van der Waals surface area (Å²) in [6.45, 7) is 5.93. The highest BCUT2D eigenvalue weighted by molar-refractivity contribution is 6.31. The summed E-state index contributed by atoms with van der Waals surface area (Å²) in [6, 6.07) is 0. The van der Waals surface area contributed by atoms with Crippen molar-refractivity contribution >= 4 is 11.6 Å². The first-order chi connectivity index (χ1) is 4.93. The molecular formula is C8H11ClFN. The fourth-order valence-corrected chi connectivity index (χ4v) is 1.32. The molecule has 0 saturated heterocycles. The van der Waals surface area contributed by atoms with E-state index in [9.17, 15) is 4.39 Å². The third-order valence-corrected chi connectivity index (χ3v) is 1.89. The van der Waals surface area contributed by atoms with Gasteiger partial charge in [-0.05, 0) is 0 Å². The molecule has 0 aliphatic heterocycles. The molecule has 0 unspecified atom stereocenters. The van der Waals surface area contributed by atoms with Gasteiger partial charge < -0.3 is 4.98 Å². The highest BCUT2D eigenvalue weighted by atomic mass is 35.5. The fourth-order valence-electron chi connectivity index (χ4n) is 0.927. The Labute approximate surface area is 70.6 Å². The Morgan fingerprint density at radius 3 is 2.18 bits per heavy atom. The van der Waals surface area contributed by atoms with E-state index in [1.807, 2.05) is 20.8 Å². The molecule has 1 heterocycles. The van der Waals surface area contributed by atoms with Crippen LogP contribution in [0, 0.1) is 5.82 Å². The maximum absolute atomic E-state index is 12.7. The van der Waals surface area contributed by atoms with Crippen molar-refractivity contribution in [3.05, 3.63) is 22.7 Å². The lowest BCUT2D eigenvalue weighted by atomic mass is 9.92. The molecule has 0 amide bonds. The molecule has 1 nitrogen and oxygen atoms in total. The predicted molar refractivity (Wildman–Crippen MR) is 44.5 cm³/mol. The van der Waals surface area contributed by atoms with Crippen LogP contribution in [0.15, 0.2) is 6.20 Å². The third kappa shape index (κ3) is 1.56. The minimum atomic E-state index is -0.378. The zero-order valence-corrected chi connectivity index (χ0v) is 7.59. The summed E-state index contributed by atoms with van der Waals surface area (Å²) < 4.78 is 12.7. The summed E-state index contributed by atoms with van der Waals surface area (Å²) >= 11 is 5.69. The number of H-pyrrole nitrogens is 1. The molecule has 62 valence electrons. The van der Waals surface area contributed by atoms with Crippen LogP contribution in [-0.4, -0.2) is 4.98 Å². The van der Waals surface area contributed by atoms with Gasteiger partial charge in [0.2, 0.25) is 0 Å². The lowest BCUT2D eigenvalue weighted by molar-refractivity contribution is 0.570. The number of hydrogen-bond acceptors (Lipinski definition) is 0. The largest absolute Gasteiger partial charge is 0.361 e. The highest BCUT2D eigenvalue weighted by Crippen LogP contribution is 2.29. The van der Waals surface area contributed by atoms with Crippen LogP contribution in [0.4, 0.5) is 4.39 Å². The molecule has 0 aliphatic rings. The number of aromatic amines is 1. The van der Waals surface area contributed by atoms with Gasteiger partial charge in [-0.1, -0.05) is 32.4 Å². The van der Waals surface area contributed by atoms with E-state index in [1.54, 1.807) is 0 Å². The highest BCUT2D eigenvalue weighted by Gasteiger charge is 2.20. The van der Waals surface area contributed by atoms with Gasteiger partial charge >= 0.3 is 0 Å². The van der Waals surface area contributed by atoms with E-state index in [0.717, 1.165) is 5.69 Å². The zero-order chi connectivity index (χ0) is 8.65. The number of rotatable bonds is 0. The van der Waals surface area contributed by atoms with E-state index < -0.39 is 0 Å². The van der Waals surface area contributed by atoms with Crippen LogP contribution < -0.4 is 0 Å². The molecule has 0 spiro atoms. The number of nitrogens with one attached hydrogen (secondary N) is 1. The molecule has 3 heteroatoms. The Balaban J connectivity index is 3.15. The Bertz CT molecular complexity index is 260. The van der Waals surface area contributed by atoms with E-state index in [1.165, 1.54) is 6.20 Å². The molecule has 0 aliphatic carbocycles. The van der Waals surface area contributed by atoms with Gasteiger partial charge in [-0.15, -0.1) is 0 Å². The molecule has 0 atom stereocenters. The minimum absolute atomic E-state index is 0.124. The molecule has 1 rings (SSSR count). The first-order valence-electron chi connectivity index (χ1n) is 3.46. The van der Waals surface area contributed by atoms with Gasteiger partial charge in [0.25, 0.3) is 0 Å². The van der Waals surface area contributed by atoms with Crippen LogP contribution in [0.25, 0.3) is 0 Å². The van der Waals surface area contributed by atoms with Crippen molar-refractivity contribution in [3.8, 4) is 0 Å². The summed E-state index contributed by atoms with van der Waals surface area (Å²) in [5.74, 6) is -0.378. The van der Waals surface area contributed by atoms with Gasteiger partial charge in [-0.3, -0.25) is 0 Å². The summed E-state index contributed by atoms with van der Waals surface area (Å²) in [5.41, 5.74) is 0.623. The molecule has 1 aromatic heterocycles. The second-order valence-corrected chi connectivity index (χ2v) is 3.95. The third-order valence-electron chi connectivity index (χ3n) is 1.52. The lowest BCUT2D eigenvalue weighted by Crippen LogP contribution is -2.11. The van der Waals surface area contributed by atoms with Crippen LogP contribution in [-0.2, 0) is 5.41 Å². The standard InChI is InChI=1S/C8H11ClFN/c1-8(2,3)7-6(9)5(10)4-11-7/h4,11H,1-3H3. The number of hydrogen-bond donors (Lipinski definition) is 1. The van der Waals surface area contributed by atoms with Crippen molar-refractivity contribution in [1.82, 2.24) is 4.98 Å². The van der Waals surface area contributed by atoms with Gasteiger partial charge in [0.05, 0.1) is 5.02 Å². The second-order valence-electron chi connectivity index (χ2n) is 3.58. The number of aromatic nitrogens is 1. The molecule has 1 aromatic rings. The molecule has 0 fully saturated rings. The SMILES string of the molecule is CC(C)(C)c1[nH]cc(F)c1Cl. The van der Waals surface area contributed by atoms with Crippen molar-refractivity contribution in [1.29, 1.82) is 0 Å². The van der Waals surface area contributed by atoms with E-state index in [-0.39, 0.29) is 16.3 Å². The quantitative estimate of drug-likeness (QED) is 0.624. The van der Waals surface area contributed by atoms with E-state index >= 15 is 0 Å². The van der Waals surface area contributed by atoms with Gasteiger partial charge in [0.15, 0.2) is 5.82 Å². The summed E-state index contributed by atoms with van der Waals surface area (Å²) in [7, 11) is 0. The van der Waals surface area contributed by atoms with Gasteiger partial charge in [0, 0.05) is 17.3 Å². The van der Waals surface area contributed by atoms with Gasteiger partial charge in [0.1, 0.15) is 0 Å². The summed E-state index contributed by atoms with van der Waals surface area (Å²) in [6.07, 6.45) is 1.28. The van der Waals surface area contributed by atoms with Crippen molar-refractivity contribution in [3.63, 3.8) is 0 Å². The van der Waals surface area contributed by atoms with Crippen LogP contribution in [0.2, 0.25) is 5.02 Å². The Morgan fingerprint density at radius 1 is 1.45 bits per heavy atom. The van der Waals surface area contributed by atoms with Crippen molar-refractivity contribution in [2.75, 3.05) is 0 Å². The summed E-state index contributed by atoms with van der Waals surface area (Å²) in [4.78, 5) is 2.81. The maximum atomic E-state index is 12.7. The first kappa shape index (κ1) is 8.60. The second kappa shape index (κ2) is 2.52. The van der Waals surface area contributed by atoms with Crippen LogP contribution >= 0.6 is 11.6 Å². The van der Waals surface area contributed by atoms with Crippen molar-refractivity contribution in [2.45, 2.75) is 26.2 Å². The fraction of sp³-hybridized carbons (Fsp3) is 0.500. The minimum Gasteiger partial charge on any atom is -0.361 e. The zero-order valence-electron chi connectivity index (χ0n) is 6.83. The normalized spacial score (nSPS) is 12.1. The van der Waals surface area contributed by atoms with Crippen molar-refractivity contribution in [2.24, 2.45) is 0 Å². The monoisotopic (exact) mass is 175 g/mol. The molecule has 0 saturated carbocycles. The van der Waals surface area contributed by atoms with Gasteiger partial charge in [-0.25, -0.2) is 4.39 Å². The Hall–Kier alpha value is -0.500. The van der Waals surface area contributed by atoms with Crippen molar-refractivity contribution < 1.29 is 4.39 Å². The smallest absolute Gasteiger partial charge is 0.159 e. The Morgan fingerprint density at radius 2 is 2.00 bits per heavy atom. The topological polar surface area (TPSA) is 15.8 Å². The van der Waals surface area contributed by atoms with E-state index in [0.29, 0.717) is 0 Å². The van der Waals surface area contributed by atoms with E-state index in [4.69, 9.17) is 11.6 Å². The molecular weight excluding hydrogens is 165 g/mol. The molecule has 1 N–H and O–H groups in total. The predicted octanol–water partition coefficient (Wildman–Crippen LogP) is 3.10. The molecule has 11 heavy (non-hydrogen) atoms. The van der Waals surface area contributed by atoms with E-state index in [2.05, 4.69) is 4.98 Å². The maximum Gasteiger partial charge on any atom is 0.159 e. The Kier molecular flexibility index (Phi) is 1.97. The summed E-state index contributed by atoms with van der Waals surface area (Å²) in [5, 5.41) is 0.206. The first-order valence-corrected chi connectivity index (χ1v) is 3.83. The lowest BCUT2D eigenvalue weighted by Gasteiger charge is -2.16. The molecule has 0 radical (unpaired) electrons. The van der Waals surface area contributed by atoms with Gasteiger partial charge in [-0.2, -0.15) is 0 Å². The molecule has 0 aromatic carbocycles. The average molecular weight is 176 g/mol. The molecule has 0 bridgehead atoms. The average Bonchev–Trinajstić information content (AvgIpc) is 2.11. The van der Waals surface area contributed by atoms with Crippen LogP contribution in [0.1, 0.15) is 26.5 Å². The van der Waals surface area contributed by atoms with Crippen LogP contribution in [0.5, 0.6) is 0 Å².